The molecule has 0 aromatic rings. The van der Waals surface area contributed by atoms with Gasteiger partial charge in [0.15, 0.2) is 0 Å². The van der Waals surface area contributed by atoms with Crippen molar-refractivity contribution in [2.75, 3.05) is 26.2 Å². The topological polar surface area (TPSA) is 95.7 Å². The number of likely N-dealkylation sites (tertiary alicyclic amines) is 1. The van der Waals surface area contributed by atoms with Crippen molar-refractivity contribution >= 4 is 11.9 Å². The van der Waals surface area contributed by atoms with Gasteiger partial charge in [-0.2, -0.15) is 0 Å². The Morgan fingerprint density at radius 1 is 1.42 bits per heavy atom. The van der Waals surface area contributed by atoms with Gasteiger partial charge in [0, 0.05) is 26.2 Å². The number of carbonyl (C=O) groups is 2. The first-order valence-corrected chi connectivity index (χ1v) is 6.99. The van der Waals surface area contributed by atoms with E-state index in [0.29, 0.717) is 19.6 Å². The highest BCUT2D eigenvalue weighted by molar-refractivity contribution is 5.80. The van der Waals surface area contributed by atoms with E-state index < -0.39 is 6.03 Å². The maximum atomic E-state index is 12.1. The number of amides is 3. The van der Waals surface area contributed by atoms with Gasteiger partial charge in [0.1, 0.15) is 0 Å². The molecule has 0 bridgehead atoms. The van der Waals surface area contributed by atoms with Gasteiger partial charge in [-0.25, -0.2) is 4.79 Å². The second-order valence-electron chi connectivity index (χ2n) is 5.81. The number of carbonyl (C=O) groups excluding carboxylic acids is 2. The summed E-state index contributed by atoms with van der Waals surface area (Å²) in [4.78, 5) is 24.8. The SMILES string of the molecule is NC(=O)N1CCCC(C(=O)NCC2(CCO)CC2)C1. The van der Waals surface area contributed by atoms with E-state index in [0.717, 1.165) is 32.1 Å². The predicted octanol–water partition coefficient (Wildman–Crippen LogP) is 0.0559. The molecule has 0 spiro atoms. The van der Waals surface area contributed by atoms with Crippen LogP contribution in [0.1, 0.15) is 32.1 Å². The molecule has 0 aromatic heterocycles. The molecule has 1 atom stereocenters. The van der Waals surface area contributed by atoms with E-state index in [1.165, 1.54) is 4.90 Å². The summed E-state index contributed by atoms with van der Waals surface area (Å²) < 4.78 is 0. The van der Waals surface area contributed by atoms with E-state index in [1.54, 1.807) is 0 Å². The number of nitrogens with two attached hydrogens (primary N) is 1. The second kappa shape index (κ2) is 5.77. The quantitative estimate of drug-likeness (QED) is 0.658. The van der Waals surface area contributed by atoms with Crippen LogP contribution in [-0.4, -0.2) is 48.2 Å². The molecule has 2 fully saturated rings. The van der Waals surface area contributed by atoms with Crippen LogP contribution in [0.2, 0.25) is 0 Å². The molecule has 2 rings (SSSR count). The molecule has 1 saturated carbocycles. The van der Waals surface area contributed by atoms with E-state index in [-0.39, 0.29) is 23.8 Å². The summed E-state index contributed by atoms with van der Waals surface area (Å²) in [5.74, 6) is -0.138. The summed E-state index contributed by atoms with van der Waals surface area (Å²) in [7, 11) is 0. The Kier molecular flexibility index (Phi) is 4.29. The van der Waals surface area contributed by atoms with Gasteiger partial charge in [-0.05, 0) is 37.5 Å². The van der Waals surface area contributed by atoms with Crippen molar-refractivity contribution < 1.29 is 14.7 Å². The maximum absolute atomic E-state index is 12.1. The highest BCUT2D eigenvalue weighted by atomic mass is 16.3. The molecule has 19 heavy (non-hydrogen) atoms. The molecule has 108 valence electrons. The number of piperidine rings is 1. The monoisotopic (exact) mass is 269 g/mol. The molecular formula is C13H23N3O3. The van der Waals surface area contributed by atoms with E-state index in [9.17, 15) is 9.59 Å². The van der Waals surface area contributed by atoms with Crippen molar-refractivity contribution in [1.82, 2.24) is 10.2 Å². The minimum absolute atomic E-state index is 0.00941. The first-order chi connectivity index (χ1) is 9.06. The smallest absolute Gasteiger partial charge is 0.314 e. The standard InChI is InChI=1S/C13H23N3O3/c14-12(19)16-6-1-2-10(8-16)11(18)15-9-13(3-4-13)5-7-17/h10,17H,1-9H2,(H2,14,19)(H,15,18). The molecule has 0 radical (unpaired) electrons. The third kappa shape index (κ3) is 3.59. The molecule has 1 aliphatic heterocycles. The lowest BCUT2D eigenvalue weighted by Gasteiger charge is -2.31. The van der Waals surface area contributed by atoms with Crippen molar-refractivity contribution in [3.63, 3.8) is 0 Å². The van der Waals surface area contributed by atoms with Gasteiger partial charge < -0.3 is 21.1 Å². The Bertz CT molecular complexity index is 355. The number of aliphatic hydroxyl groups is 1. The Hall–Kier alpha value is -1.30. The lowest BCUT2D eigenvalue weighted by atomic mass is 9.96. The van der Waals surface area contributed by atoms with Gasteiger partial charge in [-0.1, -0.05) is 0 Å². The van der Waals surface area contributed by atoms with Gasteiger partial charge in [0.05, 0.1) is 5.92 Å². The van der Waals surface area contributed by atoms with E-state index >= 15 is 0 Å². The third-order valence-corrected chi connectivity index (χ3v) is 4.34. The zero-order valence-electron chi connectivity index (χ0n) is 11.2. The van der Waals surface area contributed by atoms with E-state index in [1.807, 2.05) is 0 Å². The summed E-state index contributed by atoms with van der Waals surface area (Å²) >= 11 is 0. The van der Waals surface area contributed by atoms with Crippen LogP contribution in [0.15, 0.2) is 0 Å². The Morgan fingerprint density at radius 2 is 2.16 bits per heavy atom. The number of nitrogens with zero attached hydrogens (tertiary/aromatic N) is 1. The first kappa shape index (κ1) is 14.1. The number of aliphatic hydroxyl groups excluding tert-OH is 1. The average Bonchev–Trinajstić information content (AvgIpc) is 3.17. The molecule has 2 aliphatic rings. The molecule has 3 amide bonds. The Morgan fingerprint density at radius 3 is 2.74 bits per heavy atom. The van der Waals surface area contributed by atoms with Crippen molar-refractivity contribution in [2.24, 2.45) is 17.1 Å². The van der Waals surface area contributed by atoms with Crippen LogP contribution in [0.25, 0.3) is 0 Å². The first-order valence-electron chi connectivity index (χ1n) is 6.99. The highest BCUT2D eigenvalue weighted by Gasteiger charge is 2.42. The molecule has 0 aromatic carbocycles. The minimum atomic E-state index is -0.448. The summed E-state index contributed by atoms with van der Waals surface area (Å²) in [6.07, 6.45) is 4.54. The fourth-order valence-electron chi connectivity index (χ4n) is 2.74. The van der Waals surface area contributed by atoms with Crippen LogP contribution >= 0.6 is 0 Å². The van der Waals surface area contributed by atoms with E-state index in [4.69, 9.17) is 10.8 Å². The lowest BCUT2D eigenvalue weighted by molar-refractivity contribution is -0.126. The number of nitrogens with one attached hydrogen (secondary N) is 1. The Balaban J connectivity index is 1.78. The average molecular weight is 269 g/mol. The van der Waals surface area contributed by atoms with Gasteiger partial charge in [-0.3, -0.25) is 4.79 Å². The van der Waals surface area contributed by atoms with Crippen LogP contribution in [-0.2, 0) is 4.79 Å². The van der Waals surface area contributed by atoms with Crippen LogP contribution in [0, 0.1) is 11.3 Å². The van der Waals surface area contributed by atoms with Crippen molar-refractivity contribution in [2.45, 2.75) is 32.1 Å². The number of urea groups is 1. The molecule has 6 heteroatoms. The molecule has 6 nitrogen and oxygen atoms in total. The third-order valence-electron chi connectivity index (χ3n) is 4.34. The highest BCUT2D eigenvalue weighted by Crippen LogP contribution is 2.47. The summed E-state index contributed by atoms with van der Waals surface area (Å²) in [6, 6.07) is -0.448. The van der Waals surface area contributed by atoms with Crippen LogP contribution < -0.4 is 11.1 Å². The summed E-state index contributed by atoms with van der Waals surface area (Å²) in [6.45, 7) is 1.88. The molecule has 1 saturated heterocycles. The van der Waals surface area contributed by atoms with Crippen LogP contribution in [0.3, 0.4) is 0 Å². The number of rotatable bonds is 5. The molecular weight excluding hydrogens is 246 g/mol. The predicted molar refractivity (Wildman–Crippen MR) is 70.3 cm³/mol. The number of primary amides is 1. The van der Waals surface area contributed by atoms with Crippen molar-refractivity contribution in [3.05, 3.63) is 0 Å². The molecule has 1 heterocycles. The largest absolute Gasteiger partial charge is 0.396 e. The van der Waals surface area contributed by atoms with Crippen molar-refractivity contribution in [1.29, 1.82) is 0 Å². The van der Waals surface area contributed by atoms with Gasteiger partial charge >= 0.3 is 6.03 Å². The van der Waals surface area contributed by atoms with Gasteiger partial charge in [-0.15, -0.1) is 0 Å². The van der Waals surface area contributed by atoms with Crippen molar-refractivity contribution in [3.8, 4) is 0 Å². The lowest BCUT2D eigenvalue weighted by Crippen LogP contribution is -2.48. The summed E-state index contributed by atoms with van der Waals surface area (Å²) in [5.41, 5.74) is 5.38. The minimum Gasteiger partial charge on any atom is -0.396 e. The van der Waals surface area contributed by atoms with Crippen LogP contribution in [0.4, 0.5) is 4.79 Å². The summed E-state index contributed by atoms with van der Waals surface area (Å²) in [5, 5.41) is 12.0. The zero-order valence-corrected chi connectivity index (χ0v) is 11.2. The van der Waals surface area contributed by atoms with Crippen LogP contribution in [0.5, 0.6) is 0 Å². The Labute approximate surface area is 113 Å². The molecule has 4 N–H and O–H groups in total. The zero-order chi connectivity index (χ0) is 13.9. The fraction of sp³-hybridized carbons (Fsp3) is 0.846. The molecule has 1 unspecified atom stereocenters. The fourth-order valence-corrected chi connectivity index (χ4v) is 2.74. The number of hydrogen-bond acceptors (Lipinski definition) is 3. The normalized spacial score (nSPS) is 24.9. The van der Waals surface area contributed by atoms with Gasteiger partial charge in [0.25, 0.3) is 0 Å². The molecule has 1 aliphatic carbocycles. The maximum Gasteiger partial charge on any atom is 0.314 e. The second-order valence-corrected chi connectivity index (χ2v) is 5.81. The number of hydrogen-bond donors (Lipinski definition) is 3. The van der Waals surface area contributed by atoms with Gasteiger partial charge in [0.2, 0.25) is 5.91 Å². The van der Waals surface area contributed by atoms with E-state index in [2.05, 4.69) is 5.32 Å².